The fraction of sp³-hybridized carbons (Fsp3) is 0.625. The molecule has 1 aromatic rings. The Balaban J connectivity index is 1.81. The Morgan fingerprint density at radius 3 is 2.68 bits per heavy atom. The number of rotatable bonds is 6. The van der Waals surface area contributed by atoms with Crippen LogP contribution in [-0.2, 0) is 6.54 Å². The number of aliphatic imine (C=N–C) groups is 1. The summed E-state index contributed by atoms with van der Waals surface area (Å²) in [6, 6.07) is 2.78. The maximum atomic E-state index is 12.4. The van der Waals surface area contributed by atoms with Crippen LogP contribution in [0.4, 0.5) is 26.3 Å². The lowest BCUT2D eigenvalue weighted by molar-refractivity contribution is -0.154. The van der Waals surface area contributed by atoms with Crippen LogP contribution >= 0.6 is 0 Å². The zero-order chi connectivity index (χ0) is 20.8. The number of nitrogens with one attached hydrogen (secondary N) is 2. The average molecular weight is 413 g/mol. The van der Waals surface area contributed by atoms with Crippen molar-refractivity contribution in [3.63, 3.8) is 0 Å². The fourth-order valence-electron chi connectivity index (χ4n) is 2.72. The van der Waals surface area contributed by atoms with Crippen LogP contribution in [0.5, 0.6) is 5.88 Å². The van der Waals surface area contributed by atoms with Gasteiger partial charge in [0.1, 0.15) is 0 Å². The second kappa shape index (κ2) is 9.30. The Kier molecular flexibility index (Phi) is 7.33. The van der Waals surface area contributed by atoms with Gasteiger partial charge in [0.05, 0.1) is 6.54 Å². The van der Waals surface area contributed by atoms with E-state index in [0.717, 1.165) is 0 Å². The van der Waals surface area contributed by atoms with Gasteiger partial charge in [-0.3, -0.25) is 9.89 Å². The minimum Gasteiger partial charge on any atom is -0.468 e. The van der Waals surface area contributed by atoms with Gasteiger partial charge in [0.15, 0.2) is 12.6 Å². The summed E-state index contributed by atoms with van der Waals surface area (Å²) in [7, 11) is 1.52. The molecular weight excluding hydrogens is 392 g/mol. The van der Waals surface area contributed by atoms with Gasteiger partial charge in [-0.05, 0) is 18.1 Å². The first-order valence-corrected chi connectivity index (χ1v) is 8.45. The summed E-state index contributed by atoms with van der Waals surface area (Å²) in [5, 5.41) is 6.01. The van der Waals surface area contributed by atoms with E-state index in [-0.39, 0.29) is 25.0 Å². The van der Waals surface area contributed by atoms with Crippen molar-refractivity contribution in [2.24, 2.45) is 4.99 Å². The minimum absolute atomic E-state index is 0.154. The fourth-order valence-corrected chi connectivity index (χ4v) is 2.72. The van der Waals surface area contributed by atoms with E-state index in [2.05, 4.69) is 25.3 Å². The zero-order valence-electron chi connectivity index (χ0n) is 15.1. The summed E-state index contributed by atoms with van der Waals surface area (Å²) < 4.78 is 78.5. The minimum atomic E-state index is -4.46. The molecular formula is C16H21F6N5O. The maximum absolute atomic E-state index is 12.4. The van der Waals surface area contributed by atoms with Crippen LogP contribution in [0.2, 0.25) is 0 Å². The van der Waals surface area contributed by atoms with E-state index in [9.17, 15) is 26.3 Å². The summed E-state index contributed by atoms with van der Waals surface area (Å²) in [4.78, 5) is 9.05. The van der Waals surface area contributed by atoms with Crippen LogP contribution in [0.1, 0.15) is 12.0 Å². The highest BCUT2D eigenvalue weighted by molar-refractivity contribution is 5.80. The number of hydrogen-bond acceptors (Lipinski definition) is 4. The van der Waals surface area contributed by atoms with E-state index in [0.29, 0.717) is 24.5 Å². The Labute approximate surface area is 158 Å². The summed E-state index contributed by atoms with van der Waals surface area (Å²) >= 11 is 0. The Bertz CT molecular complexity index is 664. The van der Waals surface area contributed by atoms with E-state index in [4.69, 9.17) is 0 Å². The maximum Gasteiger partial charge on any atom is 0.422 e. The number of likely N-dealkylation sites (tertiary alicyclic amines) is 1. The predicted molar refractivity (Wildman–Crippen MR) is 90.0 cm³/mol. The number of nitrogens with zero attached hydrogens (tertiary/aromatic N) is 3. The largest absolute Gasteiger partial charge is 0.468 e. The highest BCUT2D eigenvalue weighted by Gasteiger charge is 2.34. The van der Waals surface area contributed by atoms with Crippen LogP contribution in [-0.4, -0.2) is 67.5 Å². The summed E-state index contributed by atoms with van der Waals surface area (Å²) in [5.74, 6) is 0.228. The van der Waals surface area contributed by atoms with Gasteiger partial charge in [0, 0.05) is 45.0 Å². The molecule has 28 heavy (non-hydrogen) atoms. The predicted octanol–water partition coefficient (Wildman–Crippen LogP) is 2.32. The van der Waals surface area contributed by atoms with Gasteiger partial charge in [0.25, 0.3) is 0 Å². The molecule has 0 saturated carbocycles. The molecule has 1 unspecified atom stereocenters. The highest BCUT2D eigenvalue weighted by Crippen LogP contribution is 2.20. The second-order valence-electron chi connectivity index (χ2n) is 6.31. The van der Waals surface area contributed by atoms with Crippen molar-refractivity contribution < 1.29 is 31.1 Å². The topological polar surface area (TPSA) is 61.8 Å². The zero-order valence-corrected chi connectivity index (χ0v) is 15.1. The third-order valence-electron chi connectivity index (χ3n) is 3.88. The number of alkyl halides is 6. The summed E-state index contributed by atoms with van der Waals surface area (Å²) in [6.45, 7) is -1.59. The van der Waals surface area contributed by atoms with E-state index in [1.807, 2.05) is 0 Å². The van der Waals surface area contributed by atoms with Gasteiger partial charge in [-0.15, -0.1) is 0 Å². The third kappa shape index (κ3) is 8.19. The molecule has 0 bridgehead atoms. The smallest absolute Gasteiger partial charge is 0.422 e. The molecule has 1 aliphatic heterocycles. The van der Waals surface area contributed by atoms with Crippen molar-refractivity contribution in [3.8, 4) is 5.88 Å². The Morgan fingerprint density at radius 2 is 2.04 bits per heavy atom. The molecule has 1 fully saturated rings. The Morgan fingerprint density at radius 1 is 1.29 bits per heavy atom. The average Bonchev–Trinajstić information content (AvgIpc) is 3.01. The van der Waals surface area contributed by atoms with Gasteiger partial charge < -0.3 is 15.4 Å². The molecule has 0 aliphatic carbocycles. The third-order valence-corrected chi connectivity index (χ3v) is 3.88. The number of ether oxygens (including phenoxy) is 1. The monoisotopic (exact) mass is 413 g/mol. The molecule has 1 aliphatic rings. The van der Waals surface area contributed by atoms with Crippen molar-refractivity contribution in [2.45, 2.75) is 31.4 Å². The quantitative estimate of drug-likeness (QED) is 0.426. The number of aromatic nitrogens is 1. The number of hydrogen-bond donors (Lipinski definition) is 2. The van der Waals surface area contributed by atoms with Crippen molar-refractivity contribution in [3.05, 3.63) is 23.9 Å². The van der Waals surface area contributed by atoms with Gasteiger partial charge in [0.2, 0.25) is 5.88 Å². The first-order valence-electron chi connectivity index (χ1n) is 8.45. The molecule has 1 saturated heterocycles. The molecule has 12 heteroatoms. The van der Waals surface area contributed by atoms with Gasteiger partial charge >= 0.3 is 12.4 Å². The molecule has 0 aromatic carbocycles. The first kappa shape index (κ1) is 22.1. The molecule has 2 rings (SSSR count). The van der Waals surface area contributed by atoms with Crippen LogP contribution in [0.25, 0.3) is 0 Å². The second-order valence-corrected chi connectivity index (χ2v) is 6.31. The molecule has 158 valence electrons. The molecule has 2 heterocycles. The van der Waals surface area contributed by atoms with Gasteiger partial charge in [-0.25, -0.2) is 4.98 Å². The molecule has 6 nitrogen and oxygen atoms in total. The highest BCUT2D eigenvalue weighted by atomic mass is 19.4. The Hall–Kier alpha value is -2.24. The first-order chi connectivity index (χ1) is 13.0. The molecule has 1 aromatic heterocycles. The van der Waals surface area contributed by atoms with Crippen molar-refractivity contribution in [2.75, 3.05) is 33.3 Å². The van der Waals surface area contributed by atoms with Crippen molar-refractivity contribution in [1.29, 1.82) is 0 Å². The van der Waals surface area contributed by atoms with E-state index in [1.54, 1.807) is 6.07 Å². The van der Waals surface area contributed by atoms with Crippen LogP contribution in [0.15, 0.2) is 23.3 Å². The molecule has 2 N–H and O–H groups in total. The molecule has 0 amide bonds. The van der Waals surface area contributed by atoms with Crippen LogP contribution in [0.3, 0.4) is 0 Å². The number of guanidine groups is 1. The number of pyridine rings is 1. The lowest BCUT2D eigenvalue weighted by Gasteiger charge is -2.20. The van der Waals surface area contributed by atoms with Gasteiger partial charge in [-0.1, -0.05) is 0 Å². The lowest BCUT2D eigenvalue weighted by Crippen LogP contribution is -2.44. The summed E-state index contributed by atoms with van der Waals surface area (Å²) in [6.07, 6.45) is -6.82. The SMILES string of the molecule is CN=C(NCc1ccnc(OCC(F)(F)F)c1)NC1CCN(CC(F)(F)F)C1. The molecule has 0 spiro atoms. The lowest BCUT2D eigenvalue weighted by atomic mass is 10.2. The van der Waals surface area contributed by atoms with Crippen LogP contribution in [0, 0.1) is 0 Å². The van der Waals surface area contributed by atoms with E-state index < -0.39 is 25.5 Å². The normalized spacial score (nSPS) is 19.0. The van der Waals surface area contributed by atoms with E-state index in [1.165, 1.54) is 24.2 Å². The number of halogens is 6. The van der Waals surface area contributed by atoms with E-state index >= 15 is 0 Å². The molecule has 1 atom stereocenters. The van der Waals surface area contributed by atoms with Crippen molar-refractivity contribution in [1.82, 2.24) is 20.5 Å². The van der Waals surface area contributed by atoms with Gasteiger partial charge in [-0.2, -0.15) is 26.3 Å². The molecule has 0 radical (unpaired) electrons. The standard InChI is InChI=1S/C16H21F6N5O/c1-23-14(26-12-3-5-27(8-12)9-15(17,18)19)25-7-11-2-4-24-13(6-11)28-10-16(20,21)22/h2,4,6,12H,3,5,7-10H2,1H3,(H2,23,25,26). The van der Waals surface area contributed by atoms with Crippen molar-refractivity contribution >= 4 is 5.96 Å². The summed E-state index contributed by atoms with van der Waals surface area (Å²) in [5.41, 5.74) is 0.611. The van der Waals surface area contributed by atoms with Crippen LogP contribution < -0.4 is 15.4 Å².